The van der Waals surface area contributed by atoms with Crippen molar-refractivity contribution in [3.8, 4) is 5.69 Å². The third kappa shape index (κ3) is 3.89. The fourth-order valence-corrected chi connectivity index (χ4v) is 4.11. The van der Waals surface area contributed by atoms with E-state index >= 15 is 0 Å². The Kier molecular flexibility index (Phi) is 5.72. The van der Waals surface area contributed by atoms with E-state index in [1.807, 2.05) is 69.3 Å². The molecule has 0 fully saturated rings. The molecule has 2 aromatic heterocycles. The first-order valence-electron chi connectivity index (χ1n) is 10.1. The lowest BCUT2D eigenvalue weighted by atomic mass is 10.1. The number of rotatable bonds is 6. The van der Waals surface area contributed by atoms with Crippen molar-refractivity contribution in [2.24, 2.45) is 0 Å². The van der Waals surface area contributed by atoms with E-state index in [1.54, 1.807) is 4.57 Å². The Hall–Kier alpha value is -2.93. The van der Waals surface area contributed by atoms with Gasteiger partial charge < -0.3 is 4.52 Å². The molecule has 0 aliphatic carbocycles. The van der Waals surface area contributed by atoms with Crippen molar-refractivity contribution in [2.75, 3.05) is 0 Å². The predicted octanol–water partition coefficient (Wildman–Crippen LogP) is 5.31. The standard InChI is InChI=1S/C23H24N4O2S/c1-5-16-10-12-17(13-11-16)27-22(28)18-8-6-7-9-19(18)24-23(27)30-15(4)21-25-20(14(2)3)26-29-21/h6-15H,5H2,1-4H3. The second-order valence-corrected chi connectivity index (χ2v) is 8.79. The zero-order valence-electron chi connectivity index (χ0n) is 17.5. The van der Waals surface area contributed by atoms with Gasteiger partial charge in [-0.15, -0.1) is 0 Å². The van der Waals surface area contributed by atoms with Crippen LogP contribution >= 0.6 is 11.8 Å². The third-order valence-electron chi connectivity index (χ3n) is 4.95. The van der Waals surface area contributed by atoms with Crippen LogP contribution in [-0.4, -0.2) is 19.7 Å². The number of hydrogen-bond acceptors (Lipinski definition) is 6. The number of aromatic nitrogens is 4. The first kappa shape index (κ1) is 20.3. The number of fused-ring (bicyclic) bond motifs is 1. The fourth-order valence-electron chi connectivity index (χ4n) is 3.16. The molecule has 30 heavy (non-hydrogen) atoms. The fraction of sp³-hybridized carbons (Fsp3) is 0.304. The predicted molar refractivity (Wildman–Crippen MR) is 119 cm³/mol. The molecule has 0 amide bonds. The van der Waals surface area contributed by atoms with Crippen LogP contribution in [0.2, 0.25) is 0 Å². The van der Waals surface area contributed by atoms with Gasteiger partial charge in [-0.3, -0.25) is 9.36 Å². The number of aryl methyl sites for hydroxylation is 1. The SMILES string of the molecule is CCc1ccc(-n2c(SC(C)c3nc(C(C)C)no3)nc3ccccc3c2=O)cc1. The maximum absolute atomic E-state index is 13.4. The highest BCUT2D eigenvalue weighted by atomic mass is 32.2. The Labute approximate surface area is 179 Å². The molecule has 0 saturated heterocycles. The molecule has 2 aromatic carbocycles. The Morgan fingerprint density at radius 2 is 1.77 bits per heavy atom. The van der Waals surface area contributed by atoms with Crippen LogP contribution in [0.4, 0.5) is 0 Å². The van der Waals surface area contributed by atoms with Crippen LogP contribution < -0.4 is 5.56 Å². The topological polar surface area (TPSA) is 73.8 Å². The summed E-state index contributed by atoms with van der Waals surface area (Å²) in [5.41, 5.74) is 2.59. The average molecular weight is 421 g/mol. The van der Waals surface area contributed by atoms with Crippen molar-refractivity contribution in [2.45, 2.75) is 50.4 Å². The lowest BCUT2D eigenvalue weighted by Crippen LogP contribution is -2.22. The number of para-hydroxylation sites is 1. The summed E-state index contributed by atoms with van der Waals surface area (Å²) in [5, 5.41) is 5.09. The molecule has 0 saturated carbocycles. The van der Waals surface area contributed by atoms with Crippen LogP contribution in [0.25, 0.3) is 16.6 Å². The van der Waals surface area contributed by atoms with Crippen LogP contribution in [0.15, 0.2) is 63.0 Å². The molecule has 1 atom stereocenters. The van der Waals surface area contributed by atoms with Crippen LogP contribution in [0.5, 0.6) is 0 Å². The van der Waals surface area contributed by atoms with Crippen molar-refractivity contribution < 1.29 is 4.52 Å². The van der Waals surface area contributed by atoms with Gasteiger partial charge in [0.25, 0.3) is 5.56 Å². The van der Waals surface area contributed by atoms with E-state index in [4.69, 9.17) is 9.51 Å². The zero-order valence-corrected chi connectivity index (χ0v) is 18.3. The largest absolute Gasteiger partial charge is 0.338 e. The maximum atomic E-state index is 13.4. The van der Waals surface area contributed by atoms with E-state index in [0.717, 1.165) is 12.1 Å². The zero-order chi connectivity index (χ0) is 21.3. The first-order chi connectivity index (χ1) is 14.5. The van der Waals surface area contributed by atoms with Crippen molar-refractivity contribution >= 4 is 22.7 Å². The molecule has 0 radical (unpaired) electrons. The molecular weight excluding hydrogens is 396 g/mol. The normalized spacial score (nSPS) is 12.6. The smallest absolute Gasteiger partial charge is 0.266 e. The molecule has 0 aliphatic heterocycles. The second kappa shape index (κ2) is 8.44. The molecule has 0 aliphatic rings. The van der Waals surface area contributed by atoms with Crippen molar-refractivity contribution in [3.05, 3.63) is 76.2 Å². The molecule has 4 rings (SSSR count). The maximum Gasteiger partial charge on any atom is 0.266 e. The summed E-state index contributed by atoms with van der Waals surface area (Å²) < 4.78 is 7.13. The van der Waals surface area contributed by atoms with Gasteiger partial charge >= 0.3 is 0 Å². The van der Waals surface area contributed by atoms with E-state index in [2.05, 4.69) is 17.1 Å². The highest BCUT2D eigenvalue weighted by Gasteiger charge is 2.21. The van der Waals surface area contributed by atoms with Gasteiger partial charge in [0.05, 0.1) is 21.8 Å². The minimum atomic E-state index is -0.153. The van der Waals surface area contributed by atoms with Crippen LogP contribution in [0.3, 0.4) is 0 Å². The van der Waals surface area contributed by atoms with Crippen molar-refractivity contribution in [3.63, 3.8) is 0 Å². The van der Waals surface area contributed by atoms with Crippen LogP contribution in [0, 0.1) is 0 Å². The lowest BCUT2D eigenvalue weighted by molar-refractivity contribution is 0.373. The lowest BCUT2D eigenvalue weighted by Gasteiger charge is -2.15. The summed E-state index contributed by atoms with van der Waals surface area (Å²) in [6.45, 7) is 8.13. The molecule has 2 heterocycles. The molecule has 0 spiro atoms. The van der Waals surface area contributed by atoms with Crippen LogP contribution in [-0.2, 0) is 6.42 Å². The van der Waals surface area contributed by atoms with Gasteiger partial charge in [-0.2, -0.15) is 4.98 Å². The molecule has 0 N–H and O–H groups in total. The molecule has 1 unspecified atom stereocenters. The highest BCUT2D eigenvalue weighted by molar-refractivity contribution is 7.99. The summed E-state index contributed by atoms with van der Waals surface area (Å²) >= 11 is 1.44. The van der Waals surface area contributed by atoms with Gasteiger partial charge in [-0.25, -0.2) is 4.98 Å². The molecule has 7 heteroatoms. The van der Waals surface area contributed by atoms with Crippen LogP contribution in [0.1, 0.15) is 56.1 Å². The van der Waals surface area contributed by atoms with Gasteiger partial charge in [-0.1, -0.05) is 62.0 Å². The van der Waals surface area contributed by atoms with E-state index in [0.29, 0.717) is 27.8 Å². The van der Waals surface area contributed by atoms with Gasteiger partial charge in [0, 0.05) is 5.92 Å². The highest BCUT2D eigenvalue weighted by Crippen LogP contribution is 2.34. The molecule has 4 aromatic rings. The van der Waals surface area contributed by atoms with Gasteiger partial charge in [0.1, 0.15) is 0 Å². The molecule has 154 valence electrons. The number of thioether (sulfide) groups is 1. The minimum absolute atomic E-state index is 0.0899. The Morgan fingerprint density at radius 1 is 1.03 bits per heavy atom. The van der Waals surface area contributed by atoms with Gasteiger partial charge in [-0.05, 0) is 43.2 Å². The summed E-state index contributed by atoms with van der Waals surface area (Å²) in [4.78, 5) is 22.7. The monoisotopic (exact) mass is 420 g/mol. The quantitative estimate of drug-likeness (QED) is 0.311. The summed E-state index contributed by atoms with van der Waals surface area (Å²) in [6.07, 6.45) is 0.944. The number of benzene rings is 2. The third-order valence-corrected chi connectivity index (χ3v) is 5.99. The summed E-state index contributed by atoms with van der Waals surface area (Å²) in [5.74, 6) is 1.39. The van der Waals surface area contributed by atoms with E-state index in [-0.39, 0.29) is 16.7 Å². The minimum Gasteiger partial charge on any atom is -0.338 e. The van der Waals surface area contributed by atoms with E-state index in [9.17, 15) is 4.79 Å². The van der Waals surface area contributed by atoms with Crippen molar-refractivity contribution in [1.29, 1.82) is 0 Å². The Balaban J connectivity index is 1.81. The first-order valence-corrected chi connectivity index (χ1v) is 11.0. The van der Waals surface area contributed by atoms with Gasteiger partial charge in [0.2, 0.25) is 5.89 Å². The molecular formula is C23H24N4O2S. The molecule has 0 bridgehead atoms. The summed E-state index contributed by atoms with van der Waals surface area (Å²) in [7, 11) is 0. The molecule has 6 nitrogen and oxygen atoms in total. The van der Waals surface area contributed by atoms with Crippen molar-refractivity contribution in [1.82, 2.24) is 19.7 Å². The number of nitrogens with zero attached hydrogens (tertiary/aromatic N) is 4. The van der Waals surface area contributed by atoms with Gasteiger partial charge in [0.15, 0.2) is 11.0 Å². The Morgan fingerprint density at radius 3 is 2.43 bits per heavy atom. The summed E-state index contributed by atoms with van der Waals surface area (Å²) in [6, 6.07) is 15.4. The number of hydrogen-bond donors (Lipinski definition) is 0. The Bertz CT molecular complexity index is 1230. The second-order valence-electron chi connectivity index (χ2n) is 7.48. The van der Waals surface area contributed by atoms with E-state index in [1.165, 1.54) is 17.3 Å². The average Bonchev–Trinajstić information content (AvgIpc) is 3.25. The van der Waals surface area contributed by atoms with E-state index < -0.39 is 0 Å².